The first-order chi connectivity index (χ1) is 7.10. The molecular formula is C10H21N3O2. The summed E-state index contributed by atoms with van der Waals surface area (Å²) in [4.78, 5) is 21.5. The molecule has 0 aromatic rings. The molecule has 88 valence electrons. The Balaban J connectivity index is 3.77. The van der Waals surface area contributed by atoms with Crippen LogP contribution in [0.5, 0.6) is 0 Å². The van der Waals surface area contributed by atoms with Gasteiger partial charge in [-0.2, -0.15) is 0 Å². The van der Waals surface area contributed by atoms with Crippen molar-refractivity contribution in [2.75, 3.05) is 6.54 Å². The number of primary amides is 1. The van der Waals surface area contributed by atoms with E-state index in [1.165, 1.54) is 0 Å². The van der Waals surface area contributed by atoms with Crippen LogP contribution >= 0.6 is 0 Å². The van der Waals surface area contributed by atoms with E-state index in [2.05, 4.69) is 12.2 Å². The molecule has 5 heteroatoms. The van der Waals surface area contributed by atoms with E-state index in [0.29, 0.717) is 18.9 Å². The van der Waals surface area contributed by atoms with Gasteiger partial charge in [-0.05, 0) is 25.3 Å². The fraction of sp³-hybridized carbons (Fsp3) is 0.800. The van der Waals surface area contributed by atoms with Crippen LogP contribution < -0.4 is 16.8 Å². The van der Waals surface area contributed by atoms with Crippen LogP contribution in [0.4, 0.5) is 4.79 Å². The van der Waals surface area contributed by atoms with E-state index in [4.69, 9.17) is 11.5 Å². The van der Waals surface area contributed by atoms with E-state index in [9.17, 15) is 9.59 Å². The monoisotopic (exact) mass is 215 g/mol. The largest absolute Gasteiger partial charge is 0.351 e. The van der Waals surface area contributed by atoms with Crippen LogP contribution in [-0.2, 0) is 4.79 Å². The van der Waals surface area contributed by atoms with Crippen molar-refractivity contribution in [2.24, 2.45) is 17.4 Å². The van der Waals surface area contributed by atoms with Crippen LogP contribution in [0.25, 0.3) is 0 Å². The summed E-state index contributed by atoms with van der Waals surface area (Å²) in [6, 6.07) is -0.786. The normalized spacial score (nSPS) is 12.1. The van der Waals surface area contributed by atoms with Crippen molar-refractivity contribution in [3.63, 3.8) is 0 Å². The molecule has 15 heavy (non-hydrogen) atoms. The number of imide groups is 1. The van der Waals surface area contributed by atoms with Crippen molar-refractivity contribution >= 4 is 11.9 Å². The summed E-state index contributed by atoms with van der Waals surface area (Å²) in [5.74, 6) is 0.166. The van der Waals surface area contributed by atoms with Gasteiger partial charge in [-0.1, -0.05) is 19.8 Å². The standard InChI is InChI=1S/C10H21N3O2/c1-2-3-8(6-7-11)4-5-9(14)13-10(12)15/h8H,2-7,11H2,1H3,(H3,12,13,14,15). The van der Waals surface area contributed by atoms with E-state index in [1.54, 1.807) is 0 Å². The zero-order valence-electron chi connectivity index (χ0n) is 9.29. The zero-order chi connectivity index (χ0) is 11.7. The van der Waals surface area contributed by atoms with Crippen LogP contribution in [0.3, 0.4) is 0 Å². The van der Waals surface area contributed by atoms with Gasteiger partial charge in [0.1, 0.15) is 0 Å². The number of carbonyl (C=O) groups excluding carboxylic acids is 2. The third kappa shape index (κ3) is 7.93. The van der Waals surface area contributed by atoms with Crippen molar-refractivity contribution in [1.82, 2.24) is 5.32 Å². The Kier molecular flexibility index (Phi) is 7.62. The van der Waals surface area contributed by atoms with Crippen LogP contribution in [0.2, 0.25) is 0 Å². The Hall–Kier alpha value is -1.10. The Morgan fingerprint density at radius 2 is 1.93 bits per heavy atom. The molecule has 0 fully saturated rings. The summed E-state index contributed by atoms with van der Waals surface area (Å²) in [7, 11) is 0. The van der Waals surface area contributed by atoms with Gasteiger partial charge in [0.05, 0.1) is 0 Å². The second-order valence-corrected chi connectivity index (χ2v) is 3.68. The van der Waals surface area contributed by atoms with Gasteiger partial charge in [-0.25, -0.2) is 4.79 Å². The Labute approximate surface area is 90.6 Å². The van der Waals surface area contributed by atoms with Crippen LogP contribution in [0.15, 0.2) is 0 Å². The second-order valence-electron chi connectivity index (χ2n) is 3.68. The maximum absolute atomic E-state index is 11.1. The number of amides is 3. The average molecular weight is 215 g/mol. The molecule has 0 aliphatic carbocycles. The Bertz CT molecular complexity index is 201. The summed E-state index contributed by atoms with van der Waals surface area (Å²) >= 11 is 0. The predicted molar refractivity (Wildman–Crippen MR) is 59.0 cm³/mol. The lowest BCUT2D eigenvalue weighted by atomic mass is 9.94. The highest BCUT2D eigenvalue weighted by Crippen LogP contribution is 2.16. The minimum Gasteiger partial charge on any atom is -0.351 e. The molecule has 1 unspecified atom stereocenters. The van der Waals surface area contributed by atoms with E-state index in [0.717, 1.165) is 25.7 Å². The lowest BCUT2D eigenvalue weighted by Crippen LogP contribution is -2.35. The number of carbonyl (C=O) groups is 2. The van der Waals surface area contributed by atoms with Gasteiger partial charge in [0, 0.05) is 6.42 Å². The molecule has 0 radical (unpaired) electrons. The van der Waals surface area contributed by atoms with Gasteiger partial charge in [0.25, 0.3) is 0 Å². The third-order valence-corrected chi connectivity index (χ3v) is 2.31. The fourth-order valence-electron chi connectivity index (χ4n) is 1.61. The molecule has 0 aliphatic rings. The second kappa shape index (κ2) is 8.23. The number of nitrogens with two attached hydrogens (primary N) is 2. The van der Waals surface area contributed by atoms with Crippen molar-refractivity contribution in [3.05, 3.63) is 0 Å². The molecule has 0 spiro atoms. The average Bonchev–Trinajstić information content (AvgIpc) is 2.14. The molecule has 0 saturated carbocycles. The van der Waals surface area contributed by atoms with Gasteiger partial charge in [0.2, 0.25) is 5.91 Å². The highest BCUT2D eigenvalue weighted by atomic mass is 16.2. The minimum atomic E-state index is -0.786. The lowest BCUT2D eigenvalue weighted by molar-refractivity contribution is -0.120. The molecule has 5 N–H and O–H groups in total. The highest BCUT2D eigenvalue weighted by molar-refractivity contribution is 5.93. The smallest absolute Gasteiger partial charge is 0.318 e. The third-order valence-electron chi connectivity index (χ3n) is 2.31. The number of hydrogen-bond donors (Lipinski definition) is 3. The van der Waals surface area contributed by atoms with Crippen LogP contribution in [-0.4, -0.2) is 18.5 Å². The number of hydrogen-bond acceptors (Lipinski definition) is 3. The molecule has 0 aromatic carbocycles. The van der Waals surface area contributed by atoms with Gasteiger partial charge in [-0.3, -0.25) is 10.1 Å². The molecule has 0 aromatic heterocycles. The number of rotatable bonds is 7. The summed E-state index contributed by atoms with van der Waals surface area (Å²) in [6.45, 7) is 2.75. The van der Waals surface area contributed by atoms with Gasteiger partial charge in [0.15, 0.2) is 0 Å². The van der Waals surface area contributed by atoms with E-state index in [1.807, 2.05) is 0 Å². The zero-order valence-corrected chi connectivity index (χ0v) is 9.29. The first-order valence-electron chi connectivity index (χ1n) is 5.39. The minimum absolute atomic E-state index is 0.305. The predicted octanol–water partition coefficient (Wildman–Crippen LogP) is 0.727. The number of nitrogens with one attached hydrogen (secondary N) is 1. The molecule has 3 amide bonds. The molecule has 0 heterocycles. The fourth-order valence-corrected chi connectivity index (χ4v) is 1.61. The maximum Gasteiger partial charge on any atom is 0.318 e. The summed E-state index contributed by atoms with van der Waals surface area (Å²) in [6.07, 6.45) is 4.19. The highest BCUT2D eigenvalue weighted by Gasteiger charge is 2.10. The van der Waals surface area contributed by atoms with Crippen molar-refractivity contribution in [1.29, 1.82) is 0 Å². The molecular weight excluding hydrogens is 194 g/mol. The number of urea groups is 1. The maximum atomic E-state index is 11.1. The quantitative estimate of drug-likeness (QED) is 0.583. The lowest BCUT2D eigenvalue weighted by Gasteiger charge is -2.13. The van der Waals surface area contributed by atoms with Gasteiger partial charge in [-0.15, -0.1) is 0 Å². The SMILES string of the molecule is CCCC(CCN)CCC(=O)NC(N)=O. The first kappa shape index (κ1) is 13.9. The molecule has 0 bridgehead atoms. The van der Waals surface area contributed by atoms with Crippen molar-refractivity contribution < 1.29 is 9.59 Å². The first-order valence-corrected chi connectivity index (χ1v) is 5.39. The molecule has 0 aliphatic heterocycles. The summed E-state index contributed by atoms with van der Waals surface area (Å²) < 4.78 is 0. The van der Waals surface area contributed by atoms with Crippen molar-refractivity contribution in [3.8, 4) is 0 Å². The molecule has 0 rings (SSSR count). The van der Waals surface area contributed by atoms with E-state index < -0.39 is 6.03 Å². The summed E-state index contributed by atoms with van der Waals surface area (Å²) in [5, 5.41) is 2.05. The Morgan fingerprint density at radius 1 is 1.27 bits per heavy atom. The van der Waals surface area contributed by atoms with E-state index >= 15 is 0 Å². The van der Waals surface area contributed by atoms with Crippen LogP contribution in [0.1, 0.15) is 39.0 Å². The van der Waals surface area contributed by atoms with Crippen LogP contribution in [0, 0.1) is 5.92 Å². The molecule has 5 nitrogen and oxygen atoms in total. The molecule has 0 saturated heterocycles. The van der Waals surface area contributed by atoms with Gasteiger partial charge < -0.3 is 11.5 Å². The van der Waals surface area contributed by atoms with Gasteiger partial charge >= 0.3 is 6.03 Å². The summed E-state index contributed by atoms with van der Waals surface area (Å²) in [5.41, 5.74) is 10.3. The van der Waals surface area contributed by atoms with E-state index in [-0.39, 0.29) is 5.91 Å². The molecule has 1 atom stereocenters. The Morgan fingerprint density at radius 3 is 2.40 bits per heavy atom. The topological polar surface area (TPSA) is 98.2 Å². The van der Waals surface area contributed by atoms with Crippen molar-refractivity contribution in [2.45, 2.75) is 39.0 Å².